The molecule has 0 aromatic heterocycles. The fraction of sp³-hybridized carbons (Fsp3) is 0.600. The van der Waals surface area contributed by atoms with E-state index < -0.39 is 0 Å². The summed E-state index contributed by atoms with van der Waals surface area (Å²) >= 11 is 6.15. The summed E-state index contributed by atoms with van der Waals surface area (Å²) in [5.74, 6) is 0.410. The van der Waals surface area contributed by atoms with Gasteiger partial charge in [-0.15, -0.1) is 0 Å². The van der Waals surface area contributed by atoms with Gasteiger partial charge in [0.15, 0.2) is 0 Å². The number of nitrogens with two attached hydrogens (primary N) is 1. The Labute approximate surface area is 164 Å². The van der Waals surface area contributed by atoms with Gasteiger partial charge in [-0.1, -0.05) is 11.6 Å². The van der Waals surface area contributed by atoms with Crippen molar-refractivity contribution in [2.24, 2.45) is 11.7 Å². The predicted molar refractivity (Wildman–Crippen MR) is 104 cm³/mol. The second-order valence-corrected chi connectivity index (χ2v) is 8.13. The summed E-state index contributed by atoms with van der Waals surface area (Å²) in [6.07, 6.45) is 3.76. The largest absolute Gasteiger partial charge is 0.397 e. The third-order valence-electron chi connectivity index (χ3n) is 5.88. The second-order valence-electron chi connectivity index (χ2n) is 7.72. The molecular weight excluding hydrogens is 369 g/mol. The molecule has 27 heavy (non-hydrogen) atoms. The van der Waals surface area contributed by atoms with E-state index in [1.807, 2.05) is 0 Å². The Kier molecular flexibility index (Phi) is 5.88. The molecule has 3 heterocycles. The molecule has 1 aromatic carbocycles. The van der Waals surface area contributed by atoms with E-state index in [4.69, 9.17) is 26.8 Å². The topological polar surface area (TPSA) is 59.8 Å². The minimum atomic E-state index is -0.370. The van der Waals surface area contributed by atoms with Crippen LogP contribution >= 0.6 is 11.6 Å². The highest BCUT2D eigenvalue weighted by Gasteiger charge is 2.37. The molecule has 0 unspecified atom stereocenters. The number of benzene rings is 1. The van der Waals surface area contributed by atoms with Crippen LogP contribution in [0.15, 0.2) is 23.9 Å². The van der Waals surface area contributed by atoms with Gasteiger partial charge in [-0.3, -0.25) is 4.90 Å². The normalized spacial score (nSPS) is 28.7. The number of ether oxygens (including phenoxy) is 2. The van der Waals surface area contributed by atoms with Gasteiger partial charge in [0.05, 0.1) is 35.2 Å². The minimum absolute atomic E-state index is 0.180. The zero-order valence-electron chi connectivity index (χ0n) is 15.4. The van der Waals surface area contributed by atoms with Crippen LogP contribution < -0.4 is 11.1 Å². The summed E-state index contributed by atoms with van der Waals surface area (Å²) in [6.45, 7) is 5.22. The van der Waals surface area contributed by atoms with Crippen LogP contribution in [-0.2, 0) is 9.47 Å². The molecule has 0 saturated carbocycles. The first-order valence-electron chi connectivity index (χ1n) is 9.72. The molecule has 0 bridgehead atoms. The average Bonchev–Trinajstić information content (AvgIpc) is 3.09. The molecule has 7 heteroatoms. The molecule has 0 spiro atoms. The van der Waals surface area contributed by atoms with Crippen LogP contribution in [0.2, 0.25) is 5.02 Å². The molecule has 3 saturated heterocycles. The van der Waals surface area contributed by atoms with Gasteiger partial charge in [-0.2, -0.15) is 0 Å². The zero-order chi connectivity index (χ0) is 18.8. The van der Waals surface area contributed by atoms with Gasteiger partial charge < -0.3 is 20.5 Å². The number of hydrogen-bond donors (Lipinski definition) is 2. The third-order valence-corrected chi connectivity index (χ3v) is 6.20. The molecule has 148 valence electrons. The van der Waals surface area contributed by atoms with Crippen molar-refractivity contribution in [2.75, 3.05) is 39.5 Å². The number of nitrogens with one attached hydrogen (secondary N) is 1. The lowest BCUT2D eigenvalue weighted by molar-refractivity contribution is 0.0354. The van der Waals surface area contributed by atoms with Gasteiger partial charge in [0.25, 0.3) is 0 Å². The lowest BCUT2D eigenvalue weighted by Gasteiger charge is -2.30. The molecule has 2 atom stereocenters. The Morgan fingerprint density at radius 1 is 1.30 bits per heavy atom. The molecule has 3 aliphatic heterocycles. The van der Waals surface area contributed by atoms with Crippen LogP contribution in [-0.4, -0.2) is 56.5 Å². The zero-order valence-corrected chi connectivity index (χ0v) is 16.2. The SMILES string of the molecule is N/C(=C1/CO[C@@H]2CN(CCC3CCOCC3)C[C@H]2N1)c1ccc(F)cc1Cl. The molecule has 1 aromatic rings. The Balaban J connectivity index is 1.36. The Bertz CT molecular complexity index is 708. The van der Waals surface area contributed by atoms with E-state index in [9.17, 15) is 4.39 Å². The summed E-state index contributed by atoms with van der Waals surface area (Å²) < 4.78 is 24.8. The Hall–Kier alpha value is -1.34. The Morgan fingerprint density at radius 3 is 2.89 bits per heavy atom. The molecule has 5 nitrogen and oxygen atoms in total. The number of morpholine rings is 1. The summed E-state index contributed by atoms with van der Waals surface area (Å²) in [5, 5.41) is 3.85. The fourth-order valence-electron chi connectivity index (χ4n) is 4.22. The van der Waals surface area contributed by atoms with E-state index in [-0.39, 0.29) is 18.0 Å². The van der Waals surface area contributed by atoms with Crippen molar-refractivity contribution in [3.05, 3.63) is 40.3 Å². The number of fused-ring (bicyclic) bond motifs is 1. The highest BCUT2D eigenvalue weighted by Crippen LogP contribution is 2.27. The molecule has 0 amide bonds. The molecule has 3 N–H and O–H groups in total. The number of nitrogens with zero attached hydrogens (tertiary/aromatic N) is 1. The molecular formula is C20H27ClFN3O2. The van der Waals surface area contributed by atoms with E-state index in [0.717, 1.165) is 44.5 Å². The van der Waals surface area contributed by atoms with Crippen LogP contribution in [0, 0.1) is 11.7 Å². The summed E-state index contributed by atoms with van der Waals surface area (Å²) in [5.41, 5.74) is 8.29. The number of halogens is 2. The van der Waals surface area contributed by atoms with E-state index in [1.54, 1.807) is 6.07 Å². The maximum Gasteiger partial charge on any atom is 0.124 e. The van der Waals surface area contributed by atoms with Gasteiger partial charge in [0.2, 0.25) is 0 Å². The number of rotatable bonds is 4. The summed E-state index contributed by atoms with van der Waals surface area (Å²) in [7, 11) is 0. The molecule has 0 aliphatic carbocycles. The smallest absolute Gasteiger partial charge is 0.124 e. The van der Waals surface area contributed by atoms with Crippen molar-refractivity contribution < 1.29 is 13.9 Å². The van der Waals surface area contributed by atoms with Gasteiger partial charge in [-0.05, 0) is 49.9 Å². The van der Waals surface area contributed by atoms with Crippen molar-refractivity contribution >= 4 is 17.3 Å². The first-order valence-corrected chi connectivity index (χ1v) is 10.1. The molecule has 4 rings (SSSR count). The first kappa shape index (κ1) is 19.0. The van der Waals surface area contributed by atoms with Gasteiger partial charge in [0.1, 0.15) is 5.82 Å². The highest BCUT2D eigenvalue weighted by atomic mass is 35.5. The van der Waals surface area contributed by atoms with Crippen LogP contribution in [0.5, 0.6) is 0 Å². The predicted octanol–water partition coefficient (Wildman–Crippen LogP) is 2.60. The van der Waals surface area contributed by atoms with E-state index in [0.29, 0.717) is 22.9 Å². The highest BCUT2D eigenvalue weighted by molar-refractivity contribution is 6.32. The standard InChI is InChI=1S/C20H27ClFN3O2/c21-16-9-14(22)1-2-15(16)20(23)18-12-27-19-11-25(10-17(19)24-18)6-3-13-4-7-26-8-5-13/h1-2,9,13,17,19,24H,3-8,10-12,23H2/b20-18-/t17-,19-/m1/s1. The van der Waals surface area contributed by atoms with Crippen molar-refractivity contribution in [1.29, 1.82) is 0 Å². The van der Waals surface area contributed by atoms with E-state index in [1.165, 1.54) is 31.4 Å². The average molecular weight is 396 g/mol. The number of hydrogen-bond acceptors (Lipinski definition) is 5. The van der Waals surface area contributed by atoms with Gasteiger partial charge in [-0.25, -0.2) is 4.39 Å². The van der Waals surface area contributed by atoms with E-state index in [2.05, 4.69) is 10.2 Å². The van der Waals surface area contributed by atoms with Crippen LogP contribution in [0.1, 0.15) is 24.8 Å². The lowest BCUT2D eigenvalue weighted by Crippen LogP contribution is -2.47. The lowest BCUT2D eigenvalue weighted by atomic mass is 9.96. The van der Waals surface area contributed by atoms with Gasteiger partial charge >= 0.3 is 0 Å². The molecule has 3 aliphatic rings. The van der Waals surface area contributed by atoms with Crippen LogP contribution in [0.3, 0.4) is 0 Å². The van der Waals surface area contributed by atoms with Gasteiger partial charge in [0, 0.05) is 31.9 Å². The number of likely N-dealkylation sites (tertiary alicyclic amines) is 1. The monoisotopic (exact) mass is 395 g/mol. The van der Waals surface area contributed by atoms with Crippen LogP contribution in [0.25, 0.3) is 5.70 Å². The van der Waals surface area contributed by atoms with Crippen molar-refractivity contribution in [3.63, 3.8) is 0 Å². The fourth-order valence-corrected chi connectivity index (χ4v) is 4.49. The van der Waals surface area contributed by atoms with Crippen molar-refractivity contribution in [3.8, 4) is 0 Å². The Morgan fingerprint density at radius 2 is 2.11 bits per heavy atom. The van der Waals surface area contributed by atoms with Crippen LogP contribution in [0.4, 0.5) is 4.39 Å². The second kappa shape index (κ2) is 8.35. The molecule has 0 radical (unpaired) electrons. The minimum Gasteiger partial charge on any atom is -0.397 e. The van der Waals surface area contributed by atoms with E-state index >= 15 is 0 Å². The maximum atomic E-state index is 13.3. The first-order chi connectivity index (χ1) is 13.1. The van der Waals surface area contributed by atoms with Crippen molar-refractivity contribution in [2.45, 2.75) is 31.4 Å². The molecule has 3 fully saturated rings. The third kappa shape index (κ3) is 4.40. The van der Waals surface area contributed by atoms with Crippen molar-refractivity contribution in [1.82, 2.24) is 10.2 Å². The summed E-state index contributed by atoms with van der Waals surface area (Å²) in [6, 6.07) is 4.49. The summed E-state index contributed by atoms with van der Waals surface area (Å²) in [4.78, 5) is 2.47. The quantitative estimate of drug-likeness (QED) is 0.820. The maximum absolute atomic E-state index is 13.3.